The van der Waals surface area contributed by atoms with Crippen molar-refractivity contribution >= 4 is 5.78 Å². The van der Waals surface area contributed by atoms with Gasteiger partial charge in [0.1, 0.15) is 0 Å². The number of aliphatic hydroxyl groups is 1. The number of fused-ring (bicyclic) bond motifs is 2. The van der Waals surface area contributed by atoms with Gasteiger partial charge in [-0.3, -0.25) is 4.79 Å². The zero-order chi connectivity index (χ0) is 16.3. The number of Topliss-reactive ketones (excluding diaryl/α,β-unsaturated/α-hetero) is 1. The number of ketones is 1. The lowest BCUT2D eigenvalue weighted by atomic mass is 9.66. The Labute approximate surface area is 134 Å². The lowest BCUT2D eigenvalue weighted by Crippen LogP contribution is -2.46. The van der Waals surface area contributed by atoms with Crippen LogP contribution in [-0.4, -0.2) is 28.2 Å². The van der Waals surface area contributed by atoms with Gasteiger partial charge < -0.3 is 9.84 Å². The van der Waals surface area contributed by atoms with Crippen molar-refractivity contribution in [2.45, 2.75) is 84.0 Å². The van der Waals surface area contributed by atoms with E-state index in [0.29, 0.717) is 6.42 Å². The first kappa shape index (κ1) is 16.2. The summed E-state index contributed by atoms with van der Waals surface area (Å²) in [5.41, 5.74) is -0.0306. The number of rotatable bonds is 1. The molecule has 0 aromatic carbocycles. The van der Waals surface area contributed by atoms with E-state index in [1.165, 1.54) is 5.57 Å². The lowest BCUT2D eigenvalue weighted by molar-refractivity contribution is -0.130. The Kier molecular flexibility index (Phi) is 3.62. The van der Waals surface area contributed by atoms with E-state index in [1.807, 2.05) is 6.92 Å². The quantitative estimate of drug-likeness (QED) is 0.594. The number of hydrogen-bond acceptors (Lipinski definition) is 3. The highest BCUT2D eigenvalue weighted by atomic mass is 16.6. The maximum absolute atomic E-state index is 12.8. The van der Waals surface area contributed by atoms with Crippen LogP contribution in [0.25, 0.3) is 0 Å². The molecule has 3 rings (SSSR count). The minimum atomic E-state index is -0.730. The summed E-state index contributed by atoms with van der Waals surface area (Å²) >= 11 is 0. The van der Waals surface area contributed by atoms with Crippen LogP contribution in [0.4, 0.5) is 0 Å². The molecule has 1 saturated heterocycles. The third-order valence-corrected chi connectivity index (χ3v) is 6.85. The van der Waals surface area contributed by atoms with Crippen molar-refractivity contribution in [1.29, 1.82) is 0 Å². The molecule has 0 spiro atoms. The van der Waals surface area contributed by atoms with Gasteiger partial charge in [-0.05, 0) is 50.9 Å². The third kappa shape index (κ3) is 2.28. The molecule has 1 saturated carbocycles. The first-order valence-corrected chi connectivity index (χ1v) is 8.71. The summed E-state index contributed by atoms with van der Waals surface area (Å²) in [4.78, 5) is 12.8. The zero-order valence-electron chi connectivity index (χ0n) is 14.6. The van der Waals surface area contributed by atoms with Gasteiger partial charge in [-0.25, -0.2) is 0 Å². The summed E-state index contributed by atoms with van der Waals surface area (Å²) in [5.74, 6) is 0.379. The Morgan fingerprint density at radius 1 is 1.27 bits per heavy atom. The highest BCUT2D eigenvalue weighted by molar-refractivity contribution is 5.90. The summed E-state index contributed by atoms with van der Waals surface area (Å²) < 4.78 is 5.76. The zero-order valence-corrected chi connectivity index (χ0v) is 14.6. The van der Waals surface area contributed by atoms with Crippen molar-refractivity contribution in [2.24, 2.45) is 17.3 Å². The molecule has 0 radical (unpaired) electrons. The molecule has 2 aliphatic carbocycles. The van der Waals surface area contributed by atoms with Gasteiger partial charge in [-0.1, -0.05) is 32.4 Å². The minimum Gasteiger partial charge on any atom is -0.389 e. The second-order valence-electron chi connectivity index (χ2n) is 8.65. The fraction of sp³-hybridized carbons (Fsp3) is 0.842. The van der Waals surface area contributed by atoms with Crippen molar-refractivity contribution < 1.29 is 14.6 Å². The number of allylic oxidation sites excluding steroid dienone is 1. The monoisotopic (exact) mass is 306 g/mol. The molecule has 0 bridgehead atoms. The van der Waals surface area contributed by atoms with E-state index in [2.05, 4.69) is 33.8 Å². The summed E-state index contributed by atoms with van der Waals surface area (Å²) in [6, 6.07) is 0. The molecule has 22 heavy (non-hydrogen) atoms. The predicted molar refractivity (Wildman–Crippen MR) is 86.5 cm³/mol. The smallest absolute Gasteiger partial charge is 0.167 e. The van der Waals surface area contributed by atoms with E-state index >= 15 is 0 Å². The molecule has 2 fully saturated rings. The summed E-state index contributed by atoms with van der Waals surface area (Å²) in [5, 5.41) is 11.3. The third-order valence-electron chi connectivity index (χ3n) is 6.85. The van der Waals surface area contributed by atoms with Gasteiger partial charge in [0.25, 0.3) is 0 Å². The second-order valence-corrected chi connectivity index (χ2v) is 8.65. The SMILES string of the molecule is CC1=CCC2(C)CCC(O)(C(C)C)C2CC(=O)C2(C)OC2C1. The maximum Gasteiger partial charge on any atom is 0.167 e. The van der Waals surface area contributed by atoms with Crippen LogP contribution in [-0.2, 0) is 9.53 Å². The Morgan fingerprint density at radius 2 is 1.95 bits per heavy atom. The van der Waals surface area contributed by atoms with Crippen LogP contribution in [0.5, 0.6) is 0 Å². The van der Waals surface area contributed by atoms with Gasteiger partial charge in [0.15, 0.2) is 11.4 Å². The summed E-state index contributed by atoms with van der Waals surface area (Å²) in [7, 11) is 0. The molecule has 3 aliphatic rings. The van der Waals surface area contributed by atoms with E-state index in [1.54, 1.807) is 0 Å². The van der Waals surface area contributed by atoms with E-state index in [-0.39, 0.29) is 29.1 Å². The molecule has 1 aliphatic heterocycles. The number of ether oxygens (including phenoxy) is 1. The topological polar surface area (TPSA) is 49.8 Å². The number of epoxide rings is 1. The van der Waals surface area contributed by atoms with Crippen LogP contribution in [0.3, 0.4) is 0 Å². The average Bonchev–Trinajstić information content (AvgIpc) is 3.02. The number of carbonyl (C=O) groups is 1. The van der Waals surface area contributed by atoms with Crippen LogP contribution < -0.4 is 0 Å². The van der Waals surface area contributed by atoms with Crippen molar-refractivity contribution in [2.75, 3.05) is 0 Å². The van der Waals surface area contributed by atoms with E-state index in [9.17, 15) is 9.90 Å². The fourth-order valence-corrected chi connectivity index (χ4v) is 4.71. The van der Waals surface area contributed by atoms with Crippen molar-refractivity contribution in [1.82, 2.24) is 0 Å². The molecule has 0 aromatic heterocycles. The van der Waals surface area contributed by atoms with Crippen LogP contribution in [0.2, 0.25) is 0 Å². The molecule has 124 valence electrons. The largest absolute Gasteiger partial charge is 0.389 e. The Morgan fingerprint density at radius 3 is 2.59 bits per heavy atom. The summed E-state index contributed by atoms with van der Waals surface area (Å²) in [6.07, 6.45) is 6.40. The molecular weight excluding hydrogens is 276 g/mol. The molecule has 0 amide bonds. The normalized spacial score (nSPS) is 48.7. The maximum atomic E-state index is 12.8. The van der Waals surface area contributed by atoms with Gasteiger partial charge in [-0.15, -0.1) is 0 Å². The van der Waals surface area contributed by atoms with Gasteiger partial charge in [0.05, 0.1) is 11.7 Å². The van der Waals surface area contributed by atoms with E-state index in [4.69, 9.17) is 4.74 Å². The van der Waals surface area contributed by atoms with E-state index < -0.39 is 11.2 Å². The molecule has 5 atom stereocenters. The van der Waals surface area contributed by atoms with Crippen molar-refractivity contribution in [3.8, 4) is 0 Å². The summed E-state index contributed by atoms with van der Waals surface area (Å²) in [6.45, 7) is 10.5. The Bertz CT molecular complexity index is 523. The van der Waals surface area contributed by atoms with Gasteiger partial charge >= 0.3 is 0 Å². The molecule has 3 heteroatoms. The molecule has 1 N–H and O–H groups in total. The Balaban J connectivity index is 1.99. The highest BCUT2D eigenvalue weighted by Crippen LogP contribution is 2.57. The average molecular weight is 306 g/mol. The van der Waals surface area contributed by atoms with E-state index in [0.717, 1.165) is 25.7 Å². The minimum absolute atomic E-state index is 0.00796. The fourth-order valence-electron chi connectivity index (χ4n) is 4.71. The van der Waals surface area contributed by atoms with Crippen LogP contribution in [0, 0.1) is 17.3 Å². The standard InChI is InChI=1S/C19H30O3/c1-12(2)19(21)9-8-17(4)7-6-13(3)10-16-18(5,22-16)15(20)11-14(17)19/h6,12,14,16,21H,7-11H2,1-5H3. The molecular formula is C19H30O3. The van der Waals surface area contributed by atoms with Gasteiger partial charge in [0.2, 0.25) is 0 Å². The first-order chi connectivity index (χ1) is 10.1. The van der Waals surface area contributed by atoms with Gasteiger partial charge in [-0.2, -0.15) is 0 Å². The van der Waals surface area contributed by atoms with Crippen LogP contribution in [0.15, 0.2) is 11.6 Å². The molecule has 1 heterocycles. The lowest BCUT2D eigenvalue weighted by Gasteiger charge is -2.41. The van der Waals surface area contributed by atoms with Crippen LogP contribution >= 0.6 is 0 Å². The number of hydrogen-bond donors (Lipinski definition) is 1. The van der Waals surface area contributed by atoms with Crippen molar-refractivity contribution in [3.05, 3.63) is 11.6 Å². The molecule has 0 aromatic rings. The Hall–Kier alpha value is -0.670. The molecule has 5 unspecified atom stereocenters. The van der Waals surface area contributed by atoms with Crippen molar-refractivity contribution in [3.63, 3.8) is 0 Å². The second kappa shape index (κ2) is 4.91. The first-order valence-electron chi connectivity index (χ1n) is 8.71. The van der Waals surface area contributed by atoms with Gasteiger partial charge in [0, 0.05) is 12.3 Å². The predicted octanol–water partition coefficient (Wildman–Crippen LogP) is 3.65. The van der Waals surface area contributed by atoms with Crippen LogP contribution in [0.1, 0.15) is 66.7 Å². The highest BCUT2D eigenvalue weighted by Gasteiger charge is 2.62. The number of carbonyl (C=O) groups excluding carboxylic acids is 1. The molecule has 3 nitrogen and oxygen atoms in total.